The third-order valence-corrected chi connectivity index (χ3v) is 5.85. The molecule has 30 heavy (non-hydrogen) atoms. The summed E-state index contributed by atoms with van der Waals surface area (Å²) < 4.78 is 5.17. The molecule has 0 spiro atoms. The molecule has 0 fully saturated rings. The molecule has 0 unspecified atom stereocenters. The molecule has 2 N–H and O–H groups in total. The largest absolute Gasteiger partial charge is 0.497 e. The maximum absolute atomic E-state index is 12.3. The molecule has 0 aliphatic rings. The van der Waals surface area contributed by atoms with Gasteiger partial charge in [-0.3, -0.25) is 9.59 Å². The second-order valence-corrected chi connectivity index (χ2v) is 8.34. The van der Waals surface area contributed by atoms with Crippen LogP contribution in [-0.4, -0.2) is 29.7 Å². The molecule has 3 rings (SSSR count). The van der Waals surface area contributed by atoms with Gasteiger partial charge in [0.15, 0.2) is 5.13 Å². The normalized spacial score (nSPS) is 10.5. The first-order chi connectivity index (χ1) is 14.6. The molecule has 0 saturated heterocycles. The molecule has 1 heterocycles. The minimum Gasteiger partial charge on any atom is -0.497 e. The Hall–Kier alpha value is -2.84. The van der Waals surface area contributed by atoms with Crippen molar-refractivity contribution in [3.8, 4) is 17.0 Å². The Balaban J connectivity index is 1.52. The number of hydrogen-bond donors (Lipinski definition) is 2. The molecular weight excluding hydrogens is 418 g/mol. The van der Waals surface area contributed by atoms with Gasteiger partial charge in [-0.15, -0.1) is 23.1 Å². The van der Waals surface area contributed by atoms with Crippen LogP contribution >= 0.6 is 23.1 Å². The number of carbonyl (C=O) groups excluding carboxylic acids is 2. The molecule has 1 aromatic heterocycles. The Morgan fingerprint density at radius 1 is 1.10 bits per heavy atom. The fourth-order valence-corrected chi connectivity index (χ4v) is 4.13. The number of methoxy groups -OCH3 is 1. The molecule has 2 amide bonds. The van der Waals surface area contributed by atoms with Gasteiger partial charge in [0.25, 0.3) is 0 Å². The Morgan fingerprint density at radius 3 is 2.63 bits per heavy atom. The van der Waals surface area contributed by atoms with Crippen molar-refractivity contribution in [2.45, 2.75) is 24.7 Å². The van der Waals surface area contributed by atoms with Gasteiger partial charge in [-0.1, -0.05) is 13.0 Å². The van der Waals surface area contributed by atoms with Crippen molar-refractivity contribution in [3.05, 3.63) is 53.9 Å². The zero-order valence-electron chi connectivity index (χ0n) is 16.8. The van der Waals surface area contributed by atoms with Crippen molar-refractivity contribution >= 4 is 45.7 Å². The van der Waals surface area contributed by atoms with Gasteiger partial charge in [-0.05, 0) is 48.9 Å². The fraction of sp³-hybridized carbons (Fsp3) is 0.227. The van der Waals surface area contributed by atoms with E-state index in [1.807, 2.05) is 60.8 Å². The number of ether oxygens (including phenoxy) is 1. The van der Waals surface area contributed by atoms with Crippen LogP contribution in [0, 0.1) is 0 Å². The second kappa shape index (κ2) is 10.8. The molecule has 0 saturated carbocycles. The van der Waals surface area contributed by atoms with E-state index in [2.05, 4.69) is 15.6 Å². The Morgan fingerprint density at radius 2 is 1.90 bits per heavy atom. The van der Waals surface area contributed by atoms with Gasteiger partial charge in [0.05, 0.1) is 18.6 Å². The number of carbonyl (C=O) groups is 2. The van der Waals surface area contributed by atoms with E-state index in [0.29, 0.717) is 11.6 Å². The highest BCUT2D eigenvalue weighted by Gasteiger charge is 2.10. The van der Waals surface area contributed by atoms with Gasteiger partial charge in [0.1, 0.15) is 5.75 Å². The van der Waals surface area contributed by atoms with E-state index in [-0.39, 0.29) is 17.6 Å². The first-order valence-electron chi connectivity index (χ1n) is 9.50. The van der Waals surface area contributed by atoms with Crippen molar-refractivity contribution < 1.29 is 14.3 Å². The standard InChI is InChI=1S/C22H23N3O3S2/c1-3-5-20(26)23-16-6-4-7-18(12-16)29-14-21(27)25-22-24-19(13-30-22)15-8-10-17(28-2)11-9-15/h4,6-13H,3,5,14H2,1-2H3,(H,23,26)(H,24,25,27). The third kappa shape index (κ3) is 6.33. The van der Waals surface area contributed by atoms with Gasteiger partial charge in [0, 0.05) is 27.9 Å². The van der Waals surface area contributed by atoms with Gasteiger partial charge in [-0.25, -0.2) is 4.98 Å². The Bertz CT molecular complexity index is 1000. The van der Waals surface area contributed by atoms with Crippen molar-refractivity contribution in [1.82, 2.24) is 4.98 Å². The molecule has 0 atom stereocenters. The second-order valence-electron chi connectivity index (χ2n) is 6.43. The van der Waals surface area contributed by atoms with Crippen LogP contribution in [0.3, 0.4) is 0 Å². The molecule has 6 nitrogen and oxygen atoms in total. The van der Waals surface area contributed by atoms with Crippen LogP contribution in [0.5, 0.6) is 5.75 Å². The molecule has 156 valence electrons. The van der Waals surface area contributed by atoms with E-state index in [1.54, 1.807) is 7.11 Å². The highest BCUT2D eigenvalue weighted by atomic mass is 32.2. The first kappa shape index (κ1) is 21.9. The van der Waals surface area contributed by atoms with Crippen LogP contribution < -0.4 is 15.4 Å². The average molecular weight is 442 g/mol. The summed E-state index contributed by atoms with van der Waals surface area (Å²) in [6.45, 7) is 1.97. The van der Waals surface area contributed by atoms with Crippen LogP contribution in [0.25, 0.3) is 11.3 Å². The van der Waals surface area contributed by atoms with E-state index in [1.165, 1.54) is 23.1 Å². The predicted molar refractivity (Wildman–Crippen MR) is 123 cm³/mol. The molecule has 0 aliphatic heterocycles. The lowest BCUT2D eigenvalue weighted by atomic mass is 10.2. The fourth-order valence-electron chi connectivity index (χ4n) is 2.64. The third-order valence-electron chi connectivity index (χ3n) is 4.10. The number of hydrogen-bond acceptors (Lipinski definition) is 6. The number of nitrogens with zero attached hydrogens (tertiary/aromatic N) is 1. The molecule has 2 aromatic carbocycles. The van der Waals surface area contributed by atoms with Crippen molar-refractivity contribution in [3.63, 3.8) is 0 Å². The highest BCUT2D eigenvalue weighted by molar-refractivity contribution is 8.00. The Labute approximate surface area is 184 Å². The summed E-state index contributed by atoms with van der Waals surface area (Å²) >= 11 is 2.80. The molecule has 0 radical (unpaired) electrons. The number of benzene rings is 2. The quantitative estimate of drug-likeness (QED) is 0.441. The number of rotatable bonds is 9. The number of thioether (sulfide) groups is 1. The zero-order chi connectivity index (χ0) is 21.3. The van der Waals surface area contributed by atoms with Crippen LogP contribution in [0.1, 0.15) is 19.8 Å². The monoisotopic (exact) mass is 441 g/mol. The predicted octanol–water partition coefficient (Wildman–Crippen LogP) is 5.29. The summed E-state index contributed by atoms with van der Waals surface area (Å²) in [5, 5.41) is 8.18. The Kier molecular flexibility index (Phi) is 7.87. The van der Waals surface area contributed by atoms with Crippen LogP contribution in [0.2, 0.25) is 0 Å². The number of anilines is 2. The summed E-state index contributed by atoms with van der Waals surface area (Å²) in [6.07, 6.45) is 1.30. The molecule has 0 bridgehead atoms. The van der Waals surface area contributed by atoms with Gasteiger partial charge >= 0.3 is 0 Å². The summed E-state index contributed by atoms with van der Waals surface area (Å²) in [4.78, 5) is 29.4. The number of nitrogens with one attached hydrogen (secondary N) is 2. The molecular formula is C22H23N3O3S2. The lowest BCUT2D eigenvalue weighted by Gasteiger charge is -2.07. The maximum Gasteiger partial charge on any atom is 0.236 e. The summed E-state index contributed by atoms with van der Waals surface area (Å²) in [7, 11) is 1.63. The summed E-state index contributed by atoms with van der Waals surface area (Å²) in [5.74, 6) is 0.905. The highest BCUT2D eigenvalue weighted by Crippen LogP contribution is 2.27. The number of thiazole rings is 1. The lowest BCUT2D eigenvalue weighted by Crippen LogP contribution is -2.14. The van der Waals surface area contributed by atoms with Gasteiger partial charge in [-0.2, -0.15) is 0 Å². The van der Waals surface area contributed by atoms with Crippen LogP contribution in [-0.2, 0) is 9.59 Å². The number of aromatic nitrogens is 1. The van der Waals surface area contributed by atoms with Gasteiger partial charge < -0.3 is 15.4 Å². The smallest absolute Gasteiger partial charge is 0.236 e. The number of amides is 2. The average Bonchev–Trinajstić information content (AvgIpc) is 3.21. The van der Waals surface area contributed by atoms with Crippen molar-refractivity contribution in [2.24, 2.45) is 0 Å². The SMILES string of the molecule is CCCC(=O)Nc1cccc(SCC(=O)Nc2nc(-c3ccc(OC)cc3)cs2)c1. The van der Waals surface area contributed by atoms with E-state index in [0.717, 1.165) is 34.0 Å². The van der Waals surface area contributed by atoms with Crippen LogP contribution in [0.15, 0.2) is 58.8 Å². The minimum atomic E-state index is -0.129. The van der Waals surface area contributed by atoms with E-state index in [9.17, 15) is 9.59 Å². The topological polar surface area (TPSA) is 80.3 Å². The minimum absolute atomic E-state index is 0.00572. The van der Waals surface area contributed by atoms with E-state index in [4.69, 9.17) is 4.74 Å². The van der Waals surface area contributed by atoms with Gasteiger partial charge in [0.2, 0.25) is 11.8 Å². The van der Waals surface area contributed by atoms with Crippen molar-refractivity contribution in [1.29, 1.82) is 0 Å². The molecule has 3 aromatic rings. The van der Waals surface area contributed by atoms with E-state index < -0.39 is 0 Å². The maximum atomic E-state index is 12.3. The van der Waals surface area contributed by atoms with E-state index >= 15 is 0 Å². The molecule has 0 aliphatic carbocycles. The first-order valence-corrected chi connectivity index (χ1v) is 11.4. The zero-order valence-corrected chi connectivity index (χ0v) is 18.4. The van der Waals surface area contributed by atoms with Crippen LogP contribution in [0.4, 0.5) is 10.8 Å². The molecule has 8 heteroatoms. The summed E-state index contributed by atoms with van der Waals surface area (Å²) in [6, 6.07) is 15.1. The summed E-state index contributed by atoms with van der Waals surface area (Å²) in [5.41, 5.74) is 2.51. The lowest BCUT2D eigenvalue weighted by molar-refractivity contribution is -0.116. The van der Waals surface area contributed by atoms with Crippen molar-refractivity contribution in [2.75, 3.05) is 23.5 Å².